The summed E-state index contributed by atoms with van der Waals surface area (Å²) in [5.74, 6) is -1.29. The highest BCUT2D eigenvalue weighted by atomic mass is 32.2. The maximum Gasteiger partial charge on any atom is 0.166 e. The molecule has 0 bridgehead atoms. The second-order valence-electron chi connectivity index (χ2n) is 6.15. The molecule has 2 aromatic carbocycles. The lowest BCUT2D eigenvalue weighted by atomic mass is 9.75. The summed E-state index contributed by atoms with van der Waals surface area (Å²) < 4.78 is 29.2. The van der Waals surface area contributed by atoms with Gasteiger partial charge in [0, 0.05) is 6.07 Å². The van der Waals surface area contributed by atoms with E-state index >= 15 is 0 Å². The Kier molecular flexibility index (Phi) is 3.62. The number of thioether (sulfide) groups is 1. The molecule has 3 nitrogen and oxygen atoms in total. The molecule has 24 heavy (non-hydrogen) atoms. The first-order valence-electron chi connectivity index (χ1n) is 7.77. The SMILES string of the molecule is CSc1nc2cc(F)c(-c3ccc(C4(O)CCC4)cc3)c(F)c2[nH]1. The largest absolute Gasteiger partial charge is 0.385 e. The number of hydrogen-bond donors (Lipinski definition) is 2. The van der Waals surface area contributed by atoms with Crippen LogP contribution in [0.1, 0.15) is 24.8 Å². The standard InChI is InChI=1S/C18H16F2N2OS/c1-24-17-21-13-9-12(19)14(15(20)16(13)22-17)10-3-5-11(6-4-10)18(23)7-2-8-18/h3-6,9,23H,2,7-8H2,1H3,(H,21,22). The molecule has 0 radical (unpaired) electrons. The van der Waals surface area contributed by atoms with Gasteiger partial charge in [0.1, 0.15) is 11.3 Å². The Balaban J connectivity index is 1.80. The minimum atomic E-state index is -0.782. The number of fused-ring (bicyclic) bond motifs is 1. The molecule has 0 amide bonds. The van der Waals surface area contributed by atoms with Gasteiger partial charge in [-0.15, -0.1) is 0 Å². The van der Waals surface area contributed by atoms with E-state index in [4.69, 9.17) is 0 Å². The van der Waals surface area contributed by atoms with Crippen LogP contribution in [0.4, 0.5) is 8.78 Å². The molecule has 1 heterocycles. The van der Waals surface area contributed by atoms with Gasteiger partial charge < -0.3 is 10.1 Å². The van der Waals surface area contributed by atoms with Crippen molar-refractivity contribution in [3.63, 3.8) is 0 Å². The van der Waals surface area contributed by atoms with Gasteiger partial charge in [-0.2, -0.15) is 0 Å². The molecule has 3 aromatic rings. The van der Waals surface area contributed by atoms with E-state index in [2.05, 4.69) is 9.97 Å². The number of nitrogens with zero attached hydrogens (tertiary/aromatic N) is 1. The van der Waals surface area contributed by atoms with E-state index in [1.165, 1.54) is 17.8 Å². The molecule has 1 saturated carbocycles. The van der Waals surface area contributed by atoms with Gasteiger partial charge in [0.15, 0.2) is 11.0 Å². The van der Waals surface area contributed by atoms with E-state index < -0.39 is 17.2 Å². The Morgan fingerprint density at radius 3 is 2.50 bits per heavy atom. The van der Waals surface area contributed by atoms with Crippen LogP contribution in [0.5, 0.6) is 0 Å². The third-order valence-corrected chi connectivity index (χ3v) is 5.32. The summed E-state index contributed by atoms with van der Waals surface area (Å²) in [6.07, 6.45) is 4.27. The van der Waals surface area contributed by atoms with Gasteiger partial charge >= 0.3 is 0 Å². The lowest BCUT2D eigenvalue weighted by Gasteiger charge is -2.37. The summed E-state index contributed by atoms with van der Waals surface area (Å²) in [6, 6.07) is 8.06. The Morgan fingerprint density at radius 1 is 1.21 bits per heavy atom. The molecular weight excluding hydrogens is 330 g/mol. The normalized spacial score (nSPS) is 16.3. The van der Waals surface area contributed by atoms with Crippen molar-refractivity contribution in [2.45, 2.75) is 30.0 Å². The first kappa shape index (κ1) is 15.6. The van der Waals surface area contributed by atoms with Crippen LogP contribution in [0.2, 0.25) is 0 Å². The van der Waals surface area contributed by atoms with Crippen LogP contribution in [0.25, 0.3) is 22.2 Å². The molecule has 1 fully saturated rings. The average molecular weight is 346 g/mol. The zero-order valence-corrected chi connectivity index (χ0v) is 13.9. The number of rotatable bonds is 3. The molecule has 0 unspecified atom stereocenters. The lowest BCUT2D eigenvalue weighted by Crippen LogP contribution is -2.33. The summed E-state index contributed by atoms with van der Waals surface area (Å²) in [4.78, 5) is 7.02. The van der Waals surface area contributed by atoms with Crippen molar-refractivity contribution in [1.29, 1.82) is 0 Å². The molecule has 4 rings (SSSR count). The number of aromatic nitrogens is 2. The van der Waals surface area contributed by atoms with Crippen molar-refractivity contribution < 1.29 is 13.9 Å². The summed E-state index contributed by atoms with van der Waals surface area (Å²) in [5, 5.41) is 10.9. The molecule has 1 aliphatic rings. The Hall–Kier alpha value is -1.92. The first-order chi connectivity index (χ1) is 11.5. The number of aromatic amines is 1. The highest BCUT2D eigenvalue weighted by molar-refractivity contribution is 7.98. The van der Waals surface area contributed by atoms with Crippen LogP contribution in [-0.4, -0.2) is 21.3 Å². The zero-order chi connectivity index (χ0) is 16.9. The van der Waals surface area contributed by atoms with Gasteiger partial charge in [-0.25, -0.2) is 13.8 Å². The van der Waals surface area contributed by atoms with Crippen LogP contribution < -0.4 is 0 Å². The maximum absolute atomic E-state index is 14.8. The van der Waals surface area contributed by atoms with E-state index in [1.807, 2.05) is 6.26 Å². The predicted molar refractivity (Wildman–Crippen MR) is 91.0 cm³/mol. The summed E-state index contributed by atoms with van der Waals surface area (Å²) in [5.41, 5.74) is 0.863. The van der Waals surface area contributed by atoms with Crippen molar-refractivity contribution >= 4 is 22.8 Å². The van der Waals surface area contributed by atoms with Crippen LogP contribution >= 0.6 is 11.8 Å². The van der Waals surface area contributed by atoms with E-state index in [-0.39, 0.29) is 16.6 Å². The molecule has 0 atom stereocenters. The second kappa shape index (κ2) is 5.57. The van der Waals surface area contributed by atoms with Crippen LogP contribution in [0, 0.1) is 11.6 Å². The van der Waals surface area contributed by atoms with Crippen LogP contribution in [0.15, 0.2) is 35.5 Å². The Morgan fingerprint density at radius 2 is 1.92 bits per heavy atom. The highest BCUT2D eigenvalue weighted by Gasteiger charge is 2.36. The van der Waals surface area contributed by atoms with Gasteiger partial charge in [-0.1, -0.05) is 36.0 Å². The monoisotopic (exact) mass is 346 g/mol. The summed E-state index contributed by atoms with van der Waals surface area (Å²) >= 11 is 1.34. The van der Waals surface area contributed by atoms with E-state index in [1.54, 1.807) is 24.3 Å². The number of H-pyrrole nitrogens is 1. The number of imidazole rings is 1. The first-order valence-corrected chi connectivity index (χ1v) is 8.99. The fourth-order valence-electron chi connectivity index (χ4n) is 3.17. The third-order valence-electron chi connectivity index (χ3n) is 4.74. The molecular formula is C18H16F2N2OS. The van der Waals surface area contributed by atoms with Gasteiger partial charge in [-0.05, 0) is 36.6 Å². The third kappa shape index (κ3) is 2.32. The van der Waals surface area contributed by atoms with Crippen LogP contribution in [0.3, 0.4) is 0 Å². The van der Waals surface area contributed by atoms with Gasteiger partial charge in [0.05, 0.1) is 16.7 Å². The number of halogens is 2. The molecule has 1 aromatic heterocycles. The fourth-order valence-corrected chi connectivity index (χ4v) is 3.56. The molecule has 1 aliphatic carbocycles. The summed E-state index contributed by atoms with van der Waals surface area (Å²) in [7, 11) is 0. The van der Waals surface area contributed by atoms with Gasteiger partial charge in [-0.3, -0.25) is 0 Å². The van der Waals surface area contributed by atoms with Crippen molar-refractivity contribution in [2.24, 2.45) is 0 Å². The minimum absolute atomic E-state index is 0.0778. The topological polar surface area (TPSA) is 48.9 Å². The number of nitrogens with one attached hydrogen (secondary N) is 1. The smallest absolute Gasteiger partial charge is 0.166 e. The molecule has 2 N–H and O–H groups in total. The maximum atomic E-state index is 14.8. The van der Waals surface area contributed by atoms with Crippen molar-refractivity contribution in [3.8, 4) is 11.1 Å². The van der Waals surface area contributed by atoms with E-state index in [0.29, 0.717) is 10.7 Å². The highest BCUT2D eigenvalue weighted by Crippen LogP contribution is 2.41. The van der Waals surface area contributed by atoms with Gasteiger partial charge in [0.25, 0.3) is 0 Å². The van der Waals surface area contributed by atoms with Crippen molar-refractivity contribution in [1.82, 2.24) is 9.97 Å². The minimum Gasteiger partial charge on any atom is -0.385 e. The number of benzene rings is 2. The van der Waals surface area contributed by atoms with E-state index in [9.17, 15) is 13.9 Å². The van der Waals surface area contributed by atoms with Crippen molar-refractivity contribution in [2.75, 3.05) is 6.26 Å². The second-order valence-corrected chi connectivity index (χ2v) is 6.95. The van der Waals surface area contributed by atoms with E-state index in [0.717, 1.165) is 24.8 Å². The zero-order valence-electron chi connectivity index (χ0n) is 13.1. The average Bonchev–Trinajstić information content (AvgIpc) is 2.96. The lowest BCUT2D eigenvalue weighted by molar-refractivity contribution is -0.0387. The summed E-state index contributed by atoms with van der Waals surface area (Å²) in [6.45, 7) is 0. The molecule has 0 spiro atoms. The Bertz CT molecular complexity index is 917. The number of hydrogen-bond acceptors (Lipinski definition) is 3. The Labute approximate surface area is 142 Å². The van der Waals surface area contributed by atoms with Crippen LogP contribution in [-0.2, 0) is 5.60 Å². The number of aliphatic hydroxyl groups is 1. The van der Waals surface area contributed by atoms with Gasteiger partial charge in [0.2, 0.25) is 0 Å². The van der Waals surface area contributed by atoms with Crippen molar-refractivity contribution in [3.05, 3.63) is 47.5 Å². The molecule has 0 saturated heterocycles. The molecule has 124 valence electrons. The fraction of sp³-hybridized carbons (Fsp3) is 0.278. The quantitative estimate of drug-likeness (QED) is 0.681. The molecule has 6 heteroatoms. The predicted octanol–water partition coefficient (Wildman–Crippen LogP) is 4.60. The molecule has 0 aliphatic heterocycles.